The standard InChI is InChI=1S/C19H27N3O3/c1-19(2,3)18(25)22-11-9-14(10-12-22)17(24)21-15-7-5-13(6-8-15)16(23)20-4/h5-8,14H,9-12H2,1-4H3,(H,20,23)(H,21,24). The molecule has 0 unspecified atom stereocenters. The molecule has 136 valence electrons. The summed E-state index contributed by atoms with van der Waals surface area (Å²) in [6.45, 7) is 6.97. The van der Waals surface area contributed by atoms with Crippen molar-refractivity contribution in [1.29, 1.82) is 0 Å². The average Bonchev–Trinajstić information content (AvgIpc) is 2.60. The minimum Gasteiger partial charge on any atom is -0.355 e. The van der Waals surface area contributed by atoms with Crippen LogP contribution in [0.3, 0.4) is 0 Å². The van der Waals surface area contributed by atoms with Gasteiger partial charge in [-0.1, -0.05) is 20.8 Å². The summed E-state index contributed by atoms with van der Waals surface area (Å²) < 4.78 is 0. The Labute approximate surface area is 149 Å². The molecule has 1 aliphatic rings. The number of amides is 3. The van der Waals surface area contributed by atoms with Crippen LogP contribution in [0.25, 0.3) is 0 Å². The number of piperidine rings is 1. The van der Waals surface area contributed by atoms with E-state index < -0.39 is 0 Å². The van der Waals surface area contributed by atoms with Crippen LogP contribution < -0.4 is 10.6 Å². The van der Waals surface area contributed by atoms with Crippen LogP contribution in [-0.4, -0.2) is 42.8 Å². The van der Waals surface area contributed by atoms with Crippen molar-refractivity contribution in [3.63, 3.8) is 0 Å². The lowest BCUT2D eigenvalue weighted by Crippen LogP contribution is -2.45. The fourth-order valence-corrected chi connectivity index (χ4v) is 2.91. The number of nitrogens with zero attached hydrogens (tertiary/aromatic N) is 1. The molecular formula is C19H27N3O3. The number of hydrogen-bond acceptors (Lipinski definition) is 3. The van der Waals surface area contributed by atoms with Gasteiger partial charge in [0.2, 0.25) is 11.8 Å². The number of likely N-dealkylation sites (tertiary alicyclic amines) is 1. The number of benzene rings is 1. The Morgan fingerprint density at radius 2 is 1.60 bits per heavy atom. The molecule has 0 bridgehead atoms. The molecule has 1 aliphatic heterocycles. The Morgan fingerprint density at radius 1 is 1.04 bits per heavy atom. The quantitative estimate of drug-likeness (QED) is 0.882. The molecule has 6 heteroatoms. The third-order valence-electron chi connectivity index (χ3n) is 4.44. The number of anilines is 1. The van der Waals surface area contributed by atoms with Crippen molar-refractivity contribution >= 4 is 23.4 Å². The van der Waals surface area contributed by atoms with Crippen LogP contribution in [0.1, 0.15) is 44.0 Å². The molecule has 3 amide bonds. The second kappa shape index (κ2) is 7.68. The van der Waals surface area contributed by atoms with Crippen molar-refractivity contribution in [2.75, 3.05) is 25.5 Å². The van der Waals surface area contributed by atoms with Crippen LogP contribution in [0.2, 0.25) is 0 Å². The largest absolute Gasteiger partial charge is 0.355 e. The van der Waals surface area contributed by atoms with Gasteiger partial charge < -0.3 is 15.5 Å². The zero-order valence-electron chi connectivity index (χ0n) is 15.4. The van der Waals surface area contributed by atoms with E-state index in [9.17, 15) is 14.4 Å². The van der Waals surface area contributed by atoms with E-state index >= 15 is 0 Å². The highest BCUT2D eigenvalue weighted by molar-refractivity contribution is 5.96. The SMILES string of the molecule is CNC(=O)c1ccc(NC(=O)C2CCN(C(=O)C(C)(C)C)CC2)cc1. The molecule has 2 rings (SSSR count). The van der Waals surface area contributed by atoms with E-state index in [1.165, 1.54) is 0 Å². The first-order valence-electron chi connectivity index (χ1n) is 8.64. The Morgan fingerprint density at radius 3 is 2.08 bits per heavy atom. The second-order valence-electron chi connectivity index (χ2n) is 7.46. The maximum atomic E-state index is 12.4. The van der Waals surface area contributed by atoms with Crippen molar-refractivity contribution in [1.82, 2.24) is 10.2 Å². The second-order valence-corrected chi connectivity index (χ2v) is 7.46. The summed E-state index contributed by atoms with van der Waals surface area (Å²) in [6.07, 6.45) is 1.34. The monoisotopic (exact) mass is 345 g/mol. The first-order chi connectivity index (χ1) is 11.7. The summed E-state index contributed by atoms with van der Waals surface area (Å²) in [5.41, 5.74) is 0.835. The summed E-state index contributed by atoms with van der Waals surface area (Å²) in [5, 5.41) is 5.45. The number of carbonyl (C=O) groups is 3. The number of rotatable bonds is 3. The number of hydrogen-bond donors (Lipinski definition) is 2. The van der Waals surface area contributed by atoms with Gasteiger partial charge in [-0.2, -0.15) is 0 Å². The van der Waals surface area contributed by atoms with Crippen molar-refractivity contribution in [3.8, 4) is 0 Å². The van der Waals surface area contributed by atoms with E-state index in [0.29, 0.717) is 37.2 Å². The molecule has 0 aromatic heterocycles. The molecule has 1 saturated heterocycles. The average molecular weight is 345 g/mol. The topological polar surface area (TPSA) is 78.5 Å². The highest BCUT2D eigenvalue weighted by Gasteiger charge is 2.32. The van der Waals surface area contributed by atoms with Crippen LogP contribution in [-0.2, 0) is 9.59 Å². The molecule has 0 spiro atoms. The predicted molar refractivity (Wildman–Crippen MR) is 97.2 cm³/mol. The van der Waals surface area contributed by atoms with Gasteiger partial charge in [-0.25, -0.2) is 0 Å². The van der Waals surface area contributed by atoms with E-state index in [2.05, 4.69) is 10.6 Å². The van der Waals surface area contributed by atoms with Crippen LogP contribution >= 0.6 is 0 Å². The highest BCUT2D eigenvalue weighted by Crippen LogP contribution is 2.24. The molecule has 1 heterocycles. The number of carbonyl (C=O) groups excluding carboxylic acids is 3. The van der Waals surface area contributed by atoms with Crippen molar-refractivity contribution in [3.05, 3.63) is 29.8 Å². The molecule has 25 heavy (non-hydrogen) atoms. The van der Waals surface area contributed by atoms with Gasteiger partial charge in [0, 0.05) is 42.7 Å². The first-order valence-corrected chi connectivity index (χ1v) is 8.64. The molecule has 2 N–H and O–H groups in total. The van der Waals surface area contributed by atoms with Gasteiger partial charge in [-0.15, -0.1) is 0 Å². The van der Waals surface area contributed by atoms with E-state index in [1.54, 1.807) is 31.3 Å². The van der Waals surface area contributed by atoms with Gasteiger partial charge in [-0.3, -0.25) is 14.4 Å². The number of nitrogens with one attached hydrogen (secondary N) is 2. The minimum atomic E-state index is -0.387. The van der Waals surface area contributed by atoms with E-state index in [0.717, 1.165) is 0 Å². The third kappa shape index (κ3) is 4.81. The summed E-state index contributed by atoms with van der Waals surface area (Å²) in [6, 6.07) is 6.81. The molecule has 0 atom stereocenters. The molecule has 0 aliphatic carbocycles. The lowest BCUT2D eigenvalue weighted by atomic mass is 9.90. The first kappa shape index (κ1) is 19.0. The summed E-state index contributed by atoms with van der Waals surface area (Å²) in [5.74, 6) is -0.150. The zero-order valence-corrected chi connectivity index (χ0v) is 15.4. The van der Waals surface area contributed by atoms with Gasteiger partial charge in [0.15, 0.2) is 0 Å². The Balaban J connectivity index is 1.88. The lowest BCUT2D eigenvalue weighted by Gasteiger charge is -2.35. The Hall–Kier alpha value is -2.37. The van der Waals surface area contributed by atoms with Crippen LogP contribution in [0.4, 0.5) is 5.69 Å². The maximum absolute atomic E-state index is 12.4. The zero-order chi connectivity index (χ0) is 18.6. The lowest BCUT2D eigenvalue weighted by molar-refractivity contribution is -0.142. The molecule has 1 aromatic rings. The van der Waals surface area contributed by atoms with Gasteiger partial charge in [0.1, 0.15) is 0 Å². The van der Waals surface area contributed by atoms with E-state index in [1.807, 2.05) is 25.7 Å². The van der Waals surface area contributed by atoms with Gasteiger partial charge in [0.25, 0.3) is 5.91 Å². The molecule has 6 nitrogen and oxygen atoms in total. The van der Waals surface area contributed by atoms with Crippen molar-refractivity contribution < 1.29 is 14.4 Å². The maximum Gasteiger partial charge on any atom is 0.251 e. The fraction of sp³-hybridized carbons (Fsp3) is 0.526. The van der Waals surface area contributed by atoms with E-state index in [4.69, 9.17) is 0 Å². The smallest absolute Gasteiger partial charge is 0.251 e. The highest BCUT2D eigenvalue weighted by atomic mass is 16.2. The van der Waals surface area contributed by atoms with Crippen molar-refractivity contribution in [2.45, 2.75) is 33.6 Å². The normalized spacial score (nSPS) is 15.6. The van der Waals surface area contributed by atoms with Crippen LogP contribution in [0, 0.1) is 11.3 Å². The molecule has 0 saturated carbocycles. The summed E-state index contributed by atoms with van der Waals surface area (Å²) in [7, 11) is 1.58. The minimum absolute atomic E-state index is 0.0319. The Kier molecular flexibility index (Phi) is 5.82. The van der Waals surface area contributed by atoms with Crippen LogP contribution in [0.5, 0.6) is 0 Å². The third-order valence-corrected chi connectivity index (χ3v) is 4.44. The van der Waals surface area contributed by atoms with E-state index in [-0.39, 0.29) is 29.1 Å². The molecular weight excluding hydrogens is 318 g/mol. The molecule has 1 aromatic carbocycles. The summed E-state index contributed by atoms with van der Waals surface area (Å²) >= 11 is 0. The molecule has 1 fully saturated rings. The van der Waals surface area contributed by atoms with Gasteiger partial charge >= 0.3 is 0 Å². The molecule has 0 radical (unpaired) electrons. The fourth-order valence-electron chi connectivity index (χ4n) is 2.91. The van der Waals surface area contributed by atoms with Gasteiger partial charge in [-0.05, 0) is 37.1 Å². The van der Waals surface area contributed by atoms with Gasteiger partial charge in [0.05, 0.1) is 0 Å². The Bertz CT molecular complexity index is 639. The van der Waals surface area contributed by atoms with Crippen molar-refractivity contribution in [2.24, 2.45) is 11.3 Å². The predicted octanol–water partition coefficient (Wildman–Crippen LogP) is 2.27. The summed E-state index contributed by atoms with van der Waals surface area (Å²) in [4.78, 5) is 38.1. The van der Waals surface area contributed by atoms with Crippen LogP contribution in [0.15, 0.2) is 24.3 Å².